The average molecular weight is 254 g/mol. The third-order valence-electron chi connectivity index (χ3n) is 3.43. The fraction of sp³-hybridized carbons (Fsp3) is 0.353. The molecule has 1 aromatic carbocycles. The van der Waals surface area contributed by atoms with Crippen LogP contribution in [0.2, 0.25) is 0 Å². The smallest absolute Gasteiger partial charge is 0.0545 e. The summed E-state index contributed by atoms with van der Waals surface area (Å²) < 4.78 is 0. The van der Waals surface area contributed by atoms with Crippen LogP contribution in [-0.4, -0.2) is 4.98 Å². The molecule has 1 aromatic heterocycles. The van der Waals surface area contributed by atoms with Crippen molar-refractivity contribution in [1.29, 1.82) is 0 Å². The quantitative estimate of drug-likeness (QED) is 0.896. The van der Waals surface area contributed by atoms with Crippen LogP contribution < -0.4 is 5.32 Å². The minimum absolute atomic E-state index is 0.336. The number of aromatic nitrogens is 1. The summed E-state index contributed by atoms with van der Waals surface area (Å²) in [6, 6.07) is 13.1. The van der Waals surface area contributed by atoms with E-state index in [1.54, 1.807) is 0 Å². The van der Waals surface area contributed by atoms with Gasteiger partial charge < -0.3 is 5.32 Å². The van der Waals surface area contributed by atoms with Crippen LogP contribution in [0.1, 0.15) is 41.0 Å². The van der Waals surface area contributed by atoms with Crippen LogP contribution in [0.4, 0.5) is 0 Å². The third-order valence-corrected chi connectivity index (χ3v) is 3.43. The van der Waals surface area contributed by atoms with Crippen molar-refractivity contribution in [3.05, 3.63) is 64.5 Å². The minimum atomic E-state index is 0.336. The summed E-state index contributed by atoms with van der Waals surface area (Å²) in [6.07, 6.45) is 0. The number of nitrogens with zero attached hydrogens (tertiary/aromatic N) is 1. The van der Waals surface area contributed by atoms with Crippen LogP contribution in [-0.2, 0) is 6.54 Å². The van der Waals surface area contributed by atoms with Crippen molar-refractivity contribution in [2.45, 2.75) is 40.3 Å². The van der Waals surface area contributed by atoms with Crippen LogP contribution in [0.15, 0.2) is 36.4 Å². The summed E-state index contributed by atoms with van der Waals surface area (Å²) in [4.78, 5) is 4.51. The van der Waals surface area contributed by atoms with E-state index in [2.05, 4.69) is 61.4 Å². The highest BCUT2D eigenvalue weighted by molar-refractivity contribution is 5.32. The Bertz CT molecular complexity index is 561. The molecular formula is C17H22N2. The third kappa shape index (κ3) is 3.65. The molecule has 1 heterocycles. The Hall–Kier alpha value is -1.67. The maximum atomic E-state index is 4.51. The van der Waals surface area contributed by atoms with Gasteiger partial charge in [-0.1, -0.05) is 29.8 Å². The molecule has 100 valence electrons. The van der Waals surface area contributed by atoms with Crippen molar-refractivity contribution in [2.75, 3.05) is 0 Å². The van der Waals surface area contributed by atoms with Crippen molar-refractivity contribution < 1.29 is 0 Å². The van der Waals surface area contributed by atoms with Gasteiger partial charge in [-0.3, -0.25) is 4.98 Å². The van der Waals surface area contributed by atoms with E-state index in [-0.39, 0.29) is 0 Å². The molecule has 0 amide bonds. The van der Waals surface area contributed by atoms with E-state index in [4.69, 9.17) is 0 Å². The van der Waals surface area contributed by atoms with Gasteiger partial charge in [-0.25, -0.2) is 0 Å². The molecule has 0 saturated carbocycles. The van der Waals surface area contributed by atoms with Crippen LogP contribution in [0.5, 0.6) is 0 Å². The Morgan fingerprint density at radius 2 is 1.89 bits per heavy atom. The highest BCUT2D eigenvalue weighted by Crippen LogP contribution is 2.18. The van der Waals surface area contributed by atoms with Crippen LogP contribution in [0.25, 0.3) is 0 Å². The van der Waals surface area contributed by atoms with Crippen molar-refractivity contribution in [3.63, 3.8) is 0 Å². The molecule has 2 nitrogen and oxygen atoms in total. The number of pyridine rings is 1. The van der Waals surface area contributed by atoms with Gasteiger partial charge in [0.1, 0.15) is 0 Å². The first-order valence-electron chi connectivity index (χ1n) is 6.79. The van der Waals surface area contributed by atoms with Crippen molar-refractivity contribution >= 4 is 0 Å². The Morgan fingerprint density at radius 3 is 2.58 bits per heavy atom. The predicted molar refractivity (Wildman–Crippen MR) is 80.1 cm³/mol. The van der Waals surface area contributed by atoms with E-state index >= 15 is 0 Å². The van der Waals surface area contributed by atoms with Gasteiger partial charge in [-0.2, -0.15) is 0 Å². The molecule has 0 aliphatic carbocycles. The molecule has 2 rings (SSSR count). The van der Waals surface area contributed by atoms with Crippen molar-refractivity contribution in [1.82, 2.24) is 10.3 Å². The lowest BCUT2D eigenvalue weighted by molar-refractivity contribution is 0.564. The molecule has 0 fully saturated rings. The highest BCUT2D eigenvalue weighted by Gasteiger charge is 2.08. The summed E-state index contributed by atoms with van der Waals surface area (Å²) in [5, 5.41) is 3.54. The SMILES string of the molecule is Cc1ccc(C(C)NCc2cccc(C)n2)c(C)c1. The van der Waals surface area contributed by atoms with E-state index < -0.39 is 0 Å². The monoisotopic (exact) mass is 254 g/mol. The molecule has 0 spiro atoms. The molecule has 0 saturated heterocycles. The Kier molecular flexibility index (Phi) is 4.33. The van der Waals surface area contributed by atoms with Gasteiger partial charge in [0, 0.05) is 18.3 Å². The van der Waals surface area contributed by atoms with Crippen molar-refractivity contribution in [3.8, 4) is 0 Å². The maximum absolute atomic E-state index is 4.51. The standard InChI is InChI=1S/C17H22N2/c1-12-8-9-17(13(2)10-12)15(4)18-11-16-7-5-6-14(3)19-16/h5-10,15,18H,11H2,1-4H3. The zero-order chi connectivity index (χ0) is 13.8. The Morgan fingerprint density at radius 1 is 1.11 bits per heavy atom. The fourth-order valence-electron chi connectivity index (χ4n) is 2.38. The zero-order valence-electron chi connectivity index (χ0n) is 12.2. The summed E-state index contributed by atoms with van der Waals surface area (Å²) in [7, 11) is 0. The lowest BCUT2D eigenvalue weighted by Gasteiger charge is -2.17. The lowest BCUT2D eigenvalue weighted by Crippen LogP contribution is -2.19. The van der Waals surface area contributed by atoms with Crippen LogP contribution >= 0.6 is 0 Å². The summed E-state index contributed by atoms with van der Waals surface area (Å²) in [5.74, 6) is 0. The molecule has 19 heavy (non-hydrogen) atoms. The molecule has 1 N–H and O–H groups in total. The number of aryl methyl sites for hydroxylation is 3. The summed E-state index contributed by atoms with van der Waals surface area (Å²) >= 11 is 0. The van der Waals surface area contributed by atoms with Gasteiger partial charge >= 0.3 is 0 Å². The summed E-state index contributed by atoms with van der Waals surface area (Å²) in [6.45, 7) is 9.33. The van der Waals surface area contributed by atoms with Crippen molar-refractivity contribution in [2.24, 2.45) is 0 Å². The van der Waals surface area contributed by atoms with Gasteiger partial charge in [0.05, 0.1) is 5.69 Å². The predicted octanol–water partition coefficient (Wildman–Crippen LogP) is 3.86. The molecule has 0 bridgehead atoms. The molecule has 2 heteroatoms. The number of hydrogen-bond acceptors (Lipinski definition) is 2. The molecule has 1 unspecified atom stereocenters. The van der Waals surface area contributed by atoms with E-state index in [1.807, 2.05) is 13.0 Å². The van der Waals surface area contributed by atoms with Gasteiger partial charge in [-0.05, 0) is 51.0 Å². The van der Waals surface area contributed by atoms with Gasteiger partial charge in [0.15, 0.2) is 0 Å². The topological polar surface area (TPSA) is 24.9 Å². The second kappa shape index (κ2) is 5.98. The maximum Gasteiger partial charge on any atom is 0.0545 e. The molecule has 2 aromatic rings. The molecule has 0 aliphatic heterocycles. The van der Waals surface area contributed by atoms with Crippen LogP contribution in [0, 0.1) is 20.8 Å². The molecule has 0 radical (unpaired) electrons. The minimum Gasteiger partial charge on any atom is -0.305 e. The van der Waals surface area contributed by atoms with Gasteiger partial charge in [-0.15, -0.1) is 0 Å². The second-order valence-electron chi connectivity index (χ2n) is 5.23. The second-order valence-corrected chi connectivity index (χ2v) is 5.23. The van der Waals surface area contributed by atoms with E-state index in [9.17, 15) is 0 Å². The fourth-order valence-corrected chi connectivity index (χ4v) is 2.38. The Labute approximate surface area is 115 Å². The van der Waals surface area contributed by atoms with E-state index in [0.29, 0.717) is 6.04 Å². The van der Waals surface area contributed by atoms with Crippen LogP contribution in [0.3, 0.4) is 0 Å². The summed E-state index contributed by atoms with van der Waals surface area (Å²) in [5.41, 5.74) is 6.18. The van der Waals surface area contributed by atoms with Gasteiger partial charge in [0.25, 0.3) is 0 Å². The number of nitrogens with one attached hydrogen (secondary N) is 1. The average Bonchev–Trinajstić information content (AvgIpc) is 2.36. The first kappa shape index (κ1) is 13.8. The number of hydrogen-bond donors (Lipinski definition) is 1. The molecule has 1 atom stereocenters. The zero-order valence-corrected chi connectivity index (χ0v) is 12.2. The largest absolute Gasteiger partial charge is 0.305 e. The molecule has 0 aliphatic rings. The normalized spacial score (nSPS) is 12.4. The molecular weight excluding hydrogens is 232 g/mol. The number of benzene rings is 1. The van der Waals surface area contributed by atoms with E-state index in [1.165, 1.54) is 16.7 Å². The highest BCUT2D eigenvalue weighted by atomic mass is 14.9. The number of rotatable bonds is 4. The van der Waals surface area contributed by atoms with E-state index in [0.717, 1.165) is 17.9 Å². The lowest BCUT2D eigenvalue weighted by atomic mass is 10.0. The Balaban J connectivity index is 2.03. The first-order chi connectivity index (χ1) is 9.06. The first-order valence-corrected chi connectivity index (χ1v) is 6.79. The van der Waals surface area contributed by atoms with Gasteiger partial charge in [0.2, 0.25) is 0 Å².